The lowest BCUT2D eigenvalue weighted by molar-refractivity contribution is 0.194. The second-order valence-corrected chi connectivity index (χ2v) is 5.32. The first-order valence-electron chi connectivity index (χ1n) is 5.85. The van der Waals surface area contributed by atoms with E-state index in [1.54, 1.807) is 7.11 Å². The average Bonchev–Trinajstić information content (AvgIpc) is 2.35. The zero-order chi connectivity index (χ0) is 12.3. The van der Waals surface area contributed by atoms with Crippen LogP contribution in [-0.2, 0) is 10.5 Å². The van der Waals surface area contributed by atoms with Crippen molar-refractivity contribution in [2.75, 3.05) is 32.6 Å². The minimum Gasteiger partial charge on any atom is -0.385 e. The predicted octanol–water partition coefficient (Wildman–Crippen LogP) is 3.20. The number of hydrogen-bond acceptors (Lipinski definition) is 3. The molecule has 0 aliphatic carbocycles. The average molecular weight is 274 g/mol. The molecule has 1 aromatic carbocycles. The van der Waals surface area contributed by atoms with Crippen LogP contribution in [0.5, 0.6) is 0 Å². The number of nitrogens with one attached hydrogen (secondary N) is 1. The van der Waals surface area contributed by atoms with Crippen molar-refractivity contribution in [3.8, 4) is 0 Å². The van der Waals surface area contributed by atoms with Gasteiger partial charge in [-0.1, -0.05) is 23.7 Å². The maximum atomic E-state index is 5.83. The highest BCUT2D eigenvalue weighted by Crippen LogP contribution is 2.14. The van der Waals surface area contributed by atoms with Crippen LogP contribution in [0.1, 0.15) is 12.0 Å². The van der Waals surface area contributed by atoms with Gasteiger partial charge in [0.2, 0.25) is 0 Å². The Balaban J connectivity index is 1.95. The maximum absolute atomic E-state index is 5.83. The monoisotopic (exact) mass is 273 g/mol. The summed E-state index contributed by atoms with van der Waals surface area (Å²) in [4.78, 5) is 0. The Kier molecular flexibility index (Phi) is 8.53. The Morgan fingerprint density at radius 2 is 2.00 bits per heavy atom. The van der Waals surface area contributed by atoms with Crippen LogP contribution in [0.2, 0.25) is 5.02 Å². The largest absolute Gasteiger partial charge is 0.385 e. The first-order valence-corrected chi connectivity index (χ1v) is 7.38. The number of rotatable bonds is 9. The Hall–Kier alpha value is -0.220. The van der Waals surface area contributed by atoms with Crippen molar-refractivity contribution < 1.29 is 4.74 Å². The van der Waals surface area contributed by atoms with Crippen LogP contribution < -0.4 is 5.32 Å². The molecule has 4 heteroatoms. The van der Waals surface area contributed by atoms with Gasteiger partial charge in [-0.05, 0) is 30.7 Å². The molecule has 17 heavy (non-hydrogen) atoms. The Bertz CT molecular complexity index is 292. The first-order chi connectivity index (χ1) is 8.33. The summed E-state index contributed by atoms with van der Waals surface area (Å²) < 4.78 is 4.98. The summed E-state index contributed by atoms with van der Waals surface area (Å²) in [5.41, 5.74) is 1.33. The van der Waals surface area contributed by atoms with E-state index in [-0.39, 0.29) is 0 Å². The molecule has 0 atom stereocenters. The Morgan fingerprint density at radius 3 is 2.71 bits per heavy atom. The highest BCUT2D eigenvalue weighted by atomic mass is 35.5. The van der Waals surface area contributed by atoms with Crippen molar-refractivity contribution in [1.82, 2.24) is 5.32 Å². The van der Waals surface area contributed by atoms with E-state index in [0.29, 0.717) is 0 Å². The second-order valence-electron chi connectivity index (χ2n) is 3.78. The number of methoxy groups -OCH3 is 1. The van der Waals surface area contributed by atoms with Gasteiger partial charge in [-0.25, -0.2) is 0 Å². The van der Waals surface area contributed by atoms with E-state index in [2.05, 4.69) is 17.4 Å². The molecule has 0 radical (unpaired) electrons. The molecule has 0 spiro atoms. The predicted molar refractivity (Wildman–Crippen MR) is 77.0 cm³/mol. The summed E-state index contributed by atoms with van der Waals surface area (Å²) in [6.45, 7) is 2.93. The molecular weight excluding hydrogens is 254 g/mol. The summed E-state index contributed by atoms with van der Waals surface area (Å²) in [6, 6.07) is 8.06. The van der Waals surface area contributed by atoms with Gasteiger partial charge in [-0.2, -0.15) is 11.8 Å². The highest BCUT2D eigenvalue weighted by molar-refractivity contribution is 7.98. The van der Waals surface area contributed by atoms with Crippen LogP contribution in [0.25, 0.3) is 0 Å². The topological polar surface area (TPSA) is 21.3 Å². The number of halogens is 1. The molecule has 0 saturated carbocycles. The van der Waals surface area contributed by atoms with E-state index in [0.717, 1.165) is 42.6 Å². The molecule has 2 nitrogen and oxygen atoms in total. The molecule has 0 amide bonds. The molecule has 1 N–H and O–H groups in total. The Morgan fingerprint density at radius 1 is 1.24 bits per heavy atom. The van der Waals surface area contributed by atoms with Crippen molar-refractivity contribution in [2.24, 2.45) is 0 Å². The number of ether oxygens (including phenoxy) is 1. The molecule has 0 aromatic heterocycles. The zero-order valence-electron chi connectivity index (χ0n) is 10.2. The summed E-state index contributed by atoms with van der Waals surface area (Å²) in [5.74, 6) is 2.19. The number of hydrogen-bond donors (Lipinski definition) is 1. The smallest absolute Gasteiger partial charge is 0.0474 e. The van der Waals surface area contributed by atoms with Gasteiger partial charge in [0.05, 0.1) is 0 Å². The van der Waals surface area contributed by atoms with Crippen molar-refractivity contribution in [3.05, 3.63) is 34.9 Å². The third kappa shape index (κ3) is 7.66. The van der Waals surface area contributed by atoms with Crippen molar-refractivity contribution >= 4 is 23.4 Å². The normalized spacial score (nSPS) is 10.7. The van der Waals surface area contributed by atoms with Gasteiger partial charge < -0.3 is 10.1 Å². The van der Waals surface area contributed by atoms with Crippen molar-refractivity contribution in [3.63, 3.8) is 0 Å². The van der Waals surface area contributed by atoms with E-state index >= 15 is 0 Å². The first kappa shape index (κ1) is 14.8. The fourth-order valence-electron chi connectivity index (χ4n) is 1.38. The van der Waals surface area contributed by atoms with Gasteiger partial charge in [0.15, 0.2) is 0 Å². The molecule has 1 aromatic rings. The van der Waals surface area contributed by atoms with E-state index in [4.69, 9.17) is 16.3 Å². The minimum absolute atomic E-state index is 0.804. The van der Waals surface area contributed by atoms with Crippen LogP contribution in [-0.4, -0.2) is 32.6 Å². The van der Waals surface area contributed by atoms with Crippen LogP contribution >= 0.6 is 23.4 Å². The van der Waals surface area contributed by atoms with Crippen LogP contribution in [0.15, 0.2) is 24.3 Å². The van der Waals surface area contributed by atoms with E-state index in [1.807, 2.05) is 23.9 Å². The van der Waals surface area contributed by atoms with Crippen LogP contribution in [0.4, 0.5) is 0 Å². The van der Waals surface area contributed by atoms with Gasteiger partial charge in [-0.15, -0.1) is 0 Å². The van der Waals surface area contributed by atoms with E-state index < -0.39 is 0 Å². The quantitative estimate of drug-likeness (QED) is 0.698. The van der Waals surface area contributed by atoms with Gasteiger partial charge in [-0.3, -0.25) is 0 Å². The lowest BCUT2D eigenvalue weighted by atomic mass is 10.2. The molecule has 0 heterocycles. The fourth-order valence-corrected chi connectivity index (χ4v) is 2.37. The number of thioether (sulfide) groups is 1. The highest BCUT2D eigenvalue weighted by Gasteiger charge is 1.94. The van der Waals surface area contributed by atoms with Crippen LogP contribution in [0.3, 0.4) is 0 Å². The summed E-state index contributed by atoms with van der Waals surface area (Å²) >= 11 is 7.77. The maximum Gasteiger partial charge on any atom is 0.0474 e. The molecule has 0 saturated heterocycles. The third-order valence-corrected chi connectivity index (χ3v) is 3.59. The zero-order valence-corrected chi connectivity index (χ0v) is 11.8. The second kappa shape index (κ2) is 9.77. The standard InChI is InChI=1S/C13H20ClNOS/c1-16-9-2-7-15-8-10-17-11-12-3-5-13(14)6-4-12/h3-6,15H,2,7-11H2,1H3. The SMILES string of the molecule is COCCCNCCSCc1ccc(Cl)cc1. The molecule has 1 rings (SSSR count). The molecule has 0 aliphatic rings. The van der Waals surface area contributed by atoms with Crippen LogP contribution in [0, 0.1) is 0 Å². The summed E-state index contributed by atoms with van der Waals surface area (Å²) in [7, 11) is 1.74. The molecular formula is C13H20ClNOS. The molecule has 0 bridgehead atoms. The summed E-state index contributed by atoms with van der Waals surface area (Å²) in [6.07, 6.45) is 1.08. The molecule has 0 aliphatic heterocycles. The lowest BCUT2D eigenvalue weighted by Crippen LogP contribution is -2.19. The van der Waals surface area contributed by atoms with Crippen molar-refractivity contribution in [1.29, 1.82) is 0 Å². The van der Waals surface area contributed by atoms with Gasteiger partial charge >= 0.3 is 0 Å². The molecule has 0 fully saturated rings. The van der Waals surface area contributed by atoms with Gasteiger partial charge in [0.1, 0.15) is 0 Å². The fraction of sp³-hybridized carbons (Fsp3) is 0.538. The van der Waals surface area contributed by atoms with Crippen molar-refractivity contribution in [2.45, 2.75) is 12.2 Å². The van der Waals surface area contributed by atoms with E-state index in [9.17, 15) is 0 Å². The minimum atomic E-state index is 0.804. The van der Waals surface area contributed by atoms with Gasteiger partial charge in [0, 0.05) is 36.8 Å². The third-order valence-electron chi connectivity index (χ3n) is 2.31. The lowest BCUT2D eigenvalue weighted by Gasteiger charge is -2.04. The molecule has 0 unspecified atom stereocenters. The van der Waals surface area contributed by atoms with Gasteiger partial charge in [0.25, 0.3) is 0 Å². The summed E-state index contributed by atoms with van der Waals surface area (Å²) in [5, 5.41) is 4.20. The Labute approximate surface area is 113 Å². The molecule has 96 valence electrons. The number of benzene rings is 1. The van der Waals surface area contributed by atoms with E-state index in [1.165, 1.54) is 5.56 Å².